The van der Waals surface area contributed by atoms with Gasteiger partial charge in [-0.15, -0.1) is 0 Å². The molecule has 0 bridgehead atoms. The van der Waals surface area contributed by atoms with E-state index < -0.39 is 6.17 Å². The topological polar surface area (TPSA) is 15.3 Å². The first-order valence-electron chi connectivity index (χ1n) is 6.07. The van der Waals surface area contributed by atoms with Crippen LogP contribution in [0, 0.1) is 0 Å². The monoisotopic (exact) mass is 256 g/mol. The average molecular weight is 257 g/mol. The molecule has 1 aliphatic rings. The van der Waals surface area contributed by atoms with Crippen molar-refractivity contribution < 1.29 is 4.39 Å². The molecule has 2 nitrogen and oxygen atoms in total. The van der Waals surface area contributed by atoms with Gasteiger partial charge in [0.25, 0.3) is 0 Å². The third kappa shape index (κ3) is 3.33. The van der Waals surface area contributed by atoms with E-state index in [4.69, 9.17) is 11.6 Å². The molecule has 1 aromatic carbocycles. The molecule has 0 unspecified atom stereocenters. The Kier molecular flexibility index (Phi) is 4.24. The highest BCUT2D eigenvalue weighted by atomic mass is 35.5. The molecule has 0 spiro atoms. The minimum atomic E-state index is -0.691. The molecule has 0 radical (unpaired) electrons. The number of anilines is 1. The predicted octanol–water partition coefficient (Wildman–Crippen LogP) is 2.87. The Bertz CT molecular complexity index is 355. The van der Waals surface area contributed by atoms with Crippen LogP contribution in [0.15, 0.2) is 24.3 Å². The van der Waals surface area contributed by atoms with Gasteiger partial charge in [-0.1, -0.05) is 11.6 Å². The number of hydrogen-bond donors (Lipinski definition) is 1. The predicted molar refractivity (Wildman–Crippen MR) is 70.6 cm³/mol. The molecular formula is C13H18ClFN2. The maximum Gasteiger partial charge on any atom is 0.114 e. The maximum atomic E-state index is 13.1. The van der Waals surface area contributed by atoms with Gasteiger partial charge >= 0.3 is 0 Å². The lowest BCUT2D eigenvalue weighted by Crippen LogP contribution is -2.37. The van der Waals surface area contributed by atoms with E-state index in [0.29, 0.717) is 13.0 Å². The molecule has 94 valence electrons. The van der Waals surface area contributed by atoms with Gasteiger partial charge in [-0.25, -0.2) is 4.39 Å². The Morgan fingerprint density at radius 2 is 2.12 bits per heavy atom. The van der Waals surface area contributed by atoms with Crippen molar-refractivity contribution in [3.63, 3.8) is 0 Å². The van der Waals surface area contributed by atoms with E-state index >= 15 is 0 Å². The summed E-state index contributed by atoms with van der Waals surface area (Å²) in [5.41, 5.74) is 1.14. The van der Waals surface area contributed by atoms with Crippen molar-refractivity contribution in [1.82, 2.24) is 5.32 Å². The molecule has 1 N–H and O–H groups in total. The molecule has 2 rings (SSSR count). The minimum Gasteiger partial charge on any atom is -0.370 e. The number of rotatable bonds is 4. The summed E-state index contributed by atoms with van der Waals surface area (Å²) in [5, 5.41) is 3.95. The second-order valence-electron chi connectivity index (χ2n) is 4.45. The molecule has 2 atom stereocenters. The Hall–Kier alpha value is -0.800. The molecule has 0 aromatic heterocycles. The first kappa shape index (κ1) is 12.7. The van der Waals surface area contributed by atoms with E-state index in [1.807, 2.05) is 24.3 Å². The van der Waals surface area contributed by atoms with Gasteiger partial charge in [0.15, 0.2) is 0 Å². The lowest BCUT2D eigenvalue weighted by atomic mass is 10.2. The molecule has 0 aliphatic carbocycles. The zero-order valence-corrected chi connectivity index (χ0v) is 10.8. The third-order valence-electron chi connectivity index (χ3n) is 3.18. The van der Waals surface area contributed by atoms with Gasteiger partial charge in [0.1, 0.15) is 6.17 Å². The minimum absolute atomic E-state index is 0.251. The van der Waals surface area contributed by atoms with Crippen molar-refractivity contribution in [2.45, 2.75) is 25.6 Å². The normalized spacial score (nSPS) is 23.9. The van der Waals surface area contributed by atoms with Crippen LogP contribution in [0.25, 0.3) is 0 Å². The van der Waals surface area contributed by atoms with Crippen LogP contribution in [0.4, 0.5) is 10.1 Å². The number of likely N-dealkylation sites (N-methyl/N-ethyl adjacent to an activating group) is 1. The van der Waals surface area contributed by atoms with Gasteiger partial charge in [0.2, 0.25) is 0 Å². The zero-order chi connectivity index (χ0) is 12.3. The molecule has 1 aliphatic heterocycles. The number of benzene rings is 1. The van der Waals surface area contributed by atoms with E-state index in [2.05, 4.69) is 17.1 Å². The summed E-state index contributed by atoms with van der Waals surface area (Å²) in [6, 6.07) is 8.04. The molecule has 1 heterocycles. The van der Waals surface area contributed by atoms with E-state index in [1.165, 1.54) is 0 Å². The summed E-state index contributed by atoms with van der Waals surface area (Å²) in [4.78, 5) is 2.24. The lowest BCUT2D eigenvalue weighted by Gasteiger charge is -2.26. The smallest absolute Gasteiger partial charge is 0.114 e. The highest BCUT2D eigenvalue weighted by Gasteiger charge is 2.24. The first-order valence-corrected chi connectivity index (χ1v) is 6.44. The molecule has 0 amide bonds. The molecule has 1 fully saturated rings. The maximum absolute atomic E-state index is 13.1. The van der Waals surface area contributed by atoms with Crippen molar-refractivity contribution in [1.29, 1.82) is 0 Å². The number of nitrogens with zero attached hydrogens (tertiary/aromatic N) is 1. The van der Waals surface area contributed by atoms with Gasteiger partial charge in [-0.3, -0.25) is 0 Å². The van der Waals surface area contributed by atoms with Crippen LogP contribution < -0.4 is 10.2 Å². The van der Waals surface area contributed by atoms with E-state index in [-0.39, 0.29) is 6.04 Å². The van der Waals surface area contributed by atoms with Gasteiger partial charge in [-0.05, 0) is 37.6 Å². The van der Waals surface area contributed by atoms with Gasteiger partial charge in [-0.2, -0.15) is 0 Å². The van der Waals surface area contributed by atoms with Crippen molar-refractivity contribution in [2.24, 2.45) is 0 Å². The van der Waals surface area contributed by atoms with Gasteiger partial charge in [0, 0.05) is 36.4 Å². The summed E-state index contributed by atoms with van der Waals surface area (Å²) < 4.78 is 13.1. The summed E-state index contributed by atoms with van der Waals surface area (Å²) in [5.74, 6) is 0. The quantitative estimate of drug-likeness (QED) is 0.891. The summed E-state index contributed by atoms with van der Waals surface area (Å²) in [7, 11) is 0. The van der Waals surface area contributed by atoms with Crippen molar-refractivity contribution in [3.8, 4) is 0 Å². The van der Waals surface area contributed by atoms with Crippen LogP contribution in [0.3, 0.4) is 0 Å². The molecule has 0 saturated carbocycles. The van der Waals surface area contributed by atoms with Crippen LogP contribution in [-0.4, -0.2) is 31.8 Å². The number of alkyl halides is 1. The van der Waals surface area contributed by atoms with Crippen LogP contribution in [-0.2, 0) is 0 Å². The number of nitrogens with one attached hydrogen (secondary N) is 1. The Balaban J connectivity index is 1.98. The molecular weight excluding hydrogens is 239 g/mol. The van der Waals surface area contributed by atoms with Crippen molar-refractivity contribution in [3.05, 3.63) is 29.3 Å². The zero-order valence-electron chi connectivity index (χ0n) is 10.00. The fourth-order valence-electron chi connectivity index (χ4n) is 2.24. The molecule has 1 saturated heterocycles. The average Bonchev–Trinajstić information content (AvgIpc) is 2.73. The fraction of sp³-hybridized carbons (Fsp3) is 0.538. The number of halogens is 2. The van der Waals surface area contributed by atoms with Crippen LogP contribution in [0.5, 0.6) is 0 Å². The van der Waals surface area contributed by atoms with E-state index in [9.17, 15) is 4.39 Å². The van der Waals surface area contributed by atoms with Gasteiger partial charge in [0.05, 0.1) is 0 Å². The molecule has 17 heavy (non-hydrogen) atoms. The Labute approximate surface area is 107 Å². The fourth-order valence-corrected chi connectivity index (χ4v) is 2.37. The molecule has 4 heteroatoms. The van der Waals surface area contributed by atoms with Crippen molar-refractivity contribution in [2.75, 3.05) is 24.5 Å². The summed E-state index contributed by atoms with van der Waals surface area (Å²) in [6.45, 7) is 4.36. The molecule has 1 aromatic rings. The van der Waals surface area contributed by atoms with Gasteiger partial charge < -0.3 is 10.2 Å². The number of hydrogen-bond acceptors (Lipinski definition) is 2. The van der Waals surface area contributed by atoms with E-state index in [1.54, 1.807) is 0 Å². The van der Waals surface area contributed by atoms with Crippen LogP contribution >= 0.6 is 11.6 Å². The first-order chi connectivity index (χ1) is 8.19. The van der Waals surface area contributed by atoms with Crippen LogP contribution in [0.1, 0.15) is 13.3 Å². The third-order valence-corrected chi connectivity index (χ3v) is 3.43. The van der Waals surface area contributed by atoms with E-state index in [0.717, 1.165) is 23.8 Å². The van der Waals surface area contributed by atoms with Crippen molar-refractivity contribution >= 4 is 17.3 Å². The largest absolute Gasteiger partial charge is 0.370 e. The Morgan fingerprint density at radius 3 is 2.65 bits per heavy atom. The standard InChI is InChI=1S/C13H18ClFN2/c1-2-17(9-12-7-11(15)8-16-12)13-5-3-10(14)4-6-13/h3-6,11-12,16H,2,7-9H2,1H3/t11-,12-/m0/s1. The summed E-state index contributed by atoms with van der Waals surface area (Å²) >= 11 is 5.87. The Morgan fingerprint density at radius 1 is 1.41 bits per heavy atom. The summed E-state index contributed by atoms with van der Waals surface area (Å²) in [6.07, 6.45) is -0.0756. The highest BCUT2D eigenvalue weighted by Crippen LogP contribution is 2.20. The van der Waals surface area contributed by atoms with Crippen LogP contribution in [0.2, 0.25) is 5.02 Å². The highest BCUT2D eigenvalue weighted by molar-refractivity contribution is 6.30. The second kappa shape index (κ2) is 5.69. The SMILES string of the molecule is CCN(C[C@@H]1C[C@H](F)CN1)c1ccc(Cl)cc1. The second-order valence-corrected chi connectivity index (χ2v) is 4.89. The lowest BCUT2D eigenvalue weighted by molar-refractivity contribution is 0.355.